The molecule has 0 aliphatic carbocycles. The predicted molar refractivity (Wildman–Crippen MR) is 97.0 cm³/mol. The number of ether oxygens (including phenoxy) is 1. The lowest BCUT2D eigenvalue weighted by Crippen LogP contribution is -2.06. The molecule has 0 aliphatic heterocycles. The number of nitrogen functional groups attached to an aromatic ring is 1. The Bertz CT molecular complexity index is 859. The van der Waals surface area contributed by atoms with Crippen molar-refractivity contribution in [3.63, 3.8) is 0 Å². The second kappa shape index (κ2) is 9.08. The maximum absolute atomic E-state index is 11.8. The fourth-order valence-corrected chi connectivity index (χ4v) is 2.01. The number of fused-ring (bicyclic) bond motifs is 1. The second-order valence-corrected chi connectivity index (χ2v) is 4.42. The Morgan fingerprint density at radius 1 is 1.52 bits per heavy atom. The van der Waals surface area contributed by atoms with E-state index in [4.69, 9.17) is 20.6 Å². The molecule has 0 amide bonds. The number of nitriles is 1. The Balaban J connectivity index is 0.00000151. The largest absolute Gasteiger partial charge is 0.460 e. The third-order valence-electron chi connectivity index (χ3n) is 3.00. The molecule has 0 aliphatic rings. The summed E-state index contributed by atoms with van der Waals surface area (Å²) in [6.45, 7) is 5.85. The fraction of sp³-hybridized carbons (Fsp3) is 0.294. The van der Waals surface area contributed by atoms with Gasteiger partial charge in [0.1, 0.15) is 17.3 Å². The number of nitrogens with two attached hydrogens (primary N) is 2. The molecule has 0 spiro atoms. The molecule has 0 unspecified atom stereocenters. The summed E-state index contributed by atoms with van der Waals surface area (Å²) in [6.07, 6.45) is 2.75. The number of nitrogens with zero attached hydrogens (tertiary/aromatic N) is 3. The number of hydrogen-bond acceptors (Lipinski definition) is 8. The first kappa shape index (κ1) is 19.7. The number of pyridine rings is 1. The van der Waals surface area contributed by atoms with Crippen molar-refractivity contribution >= 4 is 34.5 Å². The number of carbonyl (C=O) groups is 1. The van der Waals surface area contributed by atoms with Crippen molar-refractivity contribution in [1.29, 1.82) is 5.26 Å². The minimum atomic E-state index is -0.687. The van der Waals surface area contributed by atoms with Crippen molar-refractivity contribution in [2.24, 2.45) is 10.7 Å². The lowest BCUT2D eigenvalue weighted by atomic mass is 10.1. The van der Waals surface area contributed by atoms with Crippen LogP contribution in [-0.4, -0.2) is 30.8 Å². The molecule has 132 valence electrons. The van der Waals surface area contributed by atoms with E-state index >= 15 is 0 Å². The van der Waals surface area contributed by atoms with Gasteiger partial charge in [-0.05, 0) is 6.92 Å². The van der Waals surface area contributed by atoms with Gasteiger partial charge in [-0.3, -0.25) is 4.99 Å². The number of anilines is 1. The van der Waals surface area contributed by atoms with Crippen LogP contribution in [-0.2, 0) is 4.74 Å². The highest BCUT2D eigenvalue weighted by atomic mass is 16.5. The summed E-state index contributed by atoms with van der Waals surface area (Å²) in [5, 5.41) is 9.29. The van der Waals surface area contributed by atoms with Crippen molar-refractivity contribution in [3.05, 3.63) is 29.3 Å². The molecule has 25 heavy (non-hydrogen) atoms. The van der Waals surface area contributed by atoms with Gasteiger partial charge in [-0.15, -0.1) is 0 Å². The predicted octanol–water partition coefficient (Wildman–Crippen LogP) is 2.48. The third-order valence-corrected chi connectivity index (χ3v) is 3.00. The molecule has 0 saturated heterocycles. The summed E-state index contributed by atoms with van der Waals surface area (Å²) in [5.74, 6) is -0.828. The normalized spacial score (nSPS) is 11.1. The molecule has 2 heterocycles. The lowest BCUT2D eigenvalue weighted by Gasteiger charge is -2.03. The van der Waals surface area contributed by atoms with E-state index in [0.29, 0.717) is 11.3 Å². The van der Waals surface area contributed by atoms with Crippen molar-refractivity contribution in [1.82, 2.24) is 4.98 Å². The Kier molecular flexibility index (Phi) is 7.16. The number of hydrogen-bond donors (Lipinski definition) is 2. The van der Waals surface area contributed by atoms with Gasteiger partial charge in [0, 0.05) is 31.1 Å². The first-order chi connectivity index (χ1) is 12.1. The molecule has 0 aromatic carbocycles. The molecule has 8 nitrogen and oxygen atoms in total. The summed E-state index contributed by atoms with van der Waals surface area (Å²) in [7, 11) is 1.57. The van der Waals surface area contributed by atoms with Crippen molar-refractivity contribution in [2.45, 2.75) is 20.8 Å². The summed E-state index contributed by atoms with van der Waals surface area (Å²) in [4.78, 5) is 20.0. The van der Waals surface area contributed by atoms with E-state index in [1.807, 2.05) is 19.9 Å². The highest BCUT2D eigenvalue weighted by molar-refractivity contribution is 6.11. The van der Waals surface area contributed by atoms with Gasteiger partial charge in [0.25, 0.3) is 0 Å². The average Bonchev–Trinajstić information content (AvgIpc) is 2.96. The molecule has 8 heteroatoms. The quantitative estimate of drug-likeness (QED) is 0.641. The maximum Gasteiger partial charge on any atom is 0.376 e. The summed E-state index contributed by atoms with van der Waals surface area (Å²) in [5.41, 5.74) is 13.0. The van der Waals surface area contributed by atoms with Crippen LogP contribution in [0.15, 0.2) is 21.7 Å². The van der Waals surface area contributed by atoms with Crippen molar-refractivity contribution < 1.29 is 13.9 Å². The van der Waals surface area contributed by atoms with Gasteiger partial charge in [-0.25, -0.2) is 9.78 Å². The first-order valence-electron chi connectivity index (χ1n) is 7.72. The Morgan fingerprint density at radius 3 is 2.72 bits per heavy atom. The minimum Gasteiger partial charge on any atom is -0.460 e. The first-order valence-corrected chi connectivity index (χ1v) is 7.72. The topological polar surface area (TPSA) is 141 Å². The zero-order chi connectivity index (χ0) is 19.0. The van der Waals surface area contributed by atoms with Crippen LogP contribution in [0.3, 0.4) is 0 Å². The smallest absolute Gasteiger partial charge is 0.376 e. The van der Waals surface area contributed by atoms with Gasteiger partial charge in [-0.2, -0.15) is 5.26 Å². The van der Waals surface area contributed by atoms with Crippen LogP contribution in [0.1, 0.15) is 42.6 Å². The zero-order valence-corrected chi connectivity index (χ0v) is 14.7. The van der Waals surface area contributed by atoms with Crippen LogP contribution in [0, 0.1) is 11.3 Å². The maximum atomic E-state index is 11.8. The van der Waals surface area contributed by atoms with Crippen LogP contribution >= 0.6 is 0 Å². The molecule has 0 radical (unpaired) electrons. The highest BCUT2D eigenvalue weighted by Crippen LogP contribution is 2.30. The number of carbonyl (C=O) groups excluding carboxylic acids is 1. The molecule has 0 atom stereocenters. The standard InChI is InChI=1S/C15H15N5O3.C2H6/c1-3-22-15(21)14-11(18)13-10(23-14)4-8(5-16)12(20-13)9(6-17)7-19-2;1-2/h4,6-7H,3,17-18H2,1-2H3;1-2H3/b9-6+,19-7?;. The summed E-state index contributed by atoms with van der Waals surface area (Å²) in [6, 6.07) is 3.45. The van der Waals surface area contributed by atoms with E-state index in [0.717, 1.165) is 0 Å². The monoisotopic (exact) mass is 343 g/mol. The van der Waals surface area contributed by atoms with Gasteiger partial charge in [-0.1, -0.05) is 13.8 Å². The number of aromatic nitrogens is 1. The van der Waals surface area contributed by atoms with Crippen molar-refractivity contribution in [3.8, 4) is 6.07 Å². The fourth-order valence-electron chi connectivity index (χ4n) is 2.01. The van der Waals surface area contributed by atoms with E-state index in [1.165, 1.54) is 18.5 Å². The van der Waals surface area contributed by atoms with E-state index in [1.54, 1.807) is 14.0 Å². The van der Waals surface area contributed by atoms with Gasteiger partial charge < -0.3 is 20.6 Å². The van der Waals surface area contributed by atoms with Gasteiger partial charge in [0.15, 0.2) is 5.58 Å². The van der Waals surface area contributed by atoms with E-state index in [2.05, 4.69) is 9.98 Å². The van der Waals surface area contributed by atoms with Gasteiger partial charge >= 0.3 is 5.97 Å². The van der Waals surface area contributed by atoms with Crippen molar-refractivity contribution in [2.75, 3.05) is 19.4 Å². The summed E-state index contributed by atoms with van der Waals surface area (Å²) < 4.78 is 10.3. The van der Waals surface area contributed by atoms with Crippen LogP contribution in [0.25, 0.3) is 16.7 Å². The average molecular weight is 343 g/mol. The van der Waals surface area contributed by atoms with Gasteiger partial charge in [0.05, 0.1) is 17.9 Å². The molecule has 0 bridgehead atoms. The Labute approximate surface area is 145 Å². The summed E-state index contributed by atoms with van der Waals surface area (Å²) >= 11 is 0. The van der Waals surface area contributed by atoms with Crippen LogP contribution < -0.4 is 11.5 Å². The molecular weight excluding hydrogens is 322 g/mol. The van der Waals surface area contributed by atoms with Crippen LogP contribution in [0.5, 0.6) is 0 Å². The number of aliphatic imine (C=N–C) groups is 1. The Morgan fingerprint density at radius 2 is 2.20 bits per heavy atom. The van der Waals surface area contributed by atoms with Crippen LogP contribution in [0.2, 0.25) is 0 Å². The molecular formula is C17H21N5O3. The molecule has 0 fully saturated rings. The molecule has 2 rings (SSSR count). The molecule has 0 saturated carbocycles. The zero-order valence-electron chi connectivity index (χ0n) is 14.7. The highest BCUT2D eigenvalue weighted by Gasteiger charge is 2.23. The Hall–Kier alpha value is -3.34. The van der Waals surface area contributed by atoms with E-state index in [-0.39, 0.29) is 34.7 Å². The SMILES string of the molecule is CC.CCOC(=O)c1oc2cc(C#N)c(/C(C=NC)=C/N)nc2c1N. The number of allylic oxidation sites excluding steroid dienone is 1. The second-order valence-electron chi connectivity index (χ2n) is 4.42. The van der Waals surface area contributed by atoms with Crippen LogP contribution in [0.4, 0.5) is 5.69 Å². The third kappa shape index (κ3) is 3.95. The van der Waals surface area contributed by atoms with E-state index < -0.39 is 5.97 Å². The molecule has 2 aromatic heterocycles. The molecule has 4 N–H and O–H groups in total. The molecule has 2 aromatic rings. The van der Waals surface area contributed by atoms with E-state index in [9.17, 15) is 10.1 Å². The lowest BCUT2D eigenvalue weighted by molar-refractivity contribution is 0.0494. The number of esters is 1. The number of rotatable bonds is 4. The van der Waals surface area contributed by atoms with Gasteiger partial charge in [0.2, 0.25) is 5.76 Å². The number of furan rings is 1. The minimum absolute atomic E-state index is 0.0500.